The van der Waals surface area contributed by atoms with Crippen molar-refractivity contribution in [2.75, 3.05) is 5.32 Å². The van der Waals surface area contributed by atoms with Gasteiger partial charge in [0.05, 0.1) is 6.04 Å². The number of anilines is 1. The van der Waals surface area contributed by atoms with E-state index in [4.69, 9.17) is 5.73 Å². The molecule has 0 spiro atoms. The third-order valence-electron chi connectivity index (χ3n) is 3.55. The number of nitrogens with two attached hydrogens (primary N) is 1. The van der Waals surface area contributed by atoms with Gasteiger partial charge in [0.1, 0.15) is 0 Å². The molecule has 1 rings (SSSR count). The van der Waals surface area contributed by atoms with E-state index in [1.807, 2.05) is 26.0 Å². The number of nitrogens with one attached hydrogen (secondary N) is 1. The van der Waals surface area contributed by atoms with Gasteiger partial charge in [0.25, 0.3) is 0 Å². The Balaban J connectivity index is 2.73. The molecule has 1 aromatic carbocycles. The fraction of sp³-hybridized carbons (Fsp3) is 0.533. The van der Waals surface area contributed by atoms with Crippen molar-refractivity contribution in [3.63, 3.8) is 0 Å². The van der Waals surface area contributed by atoms with E-state index < -0.39 is 6.04 Å². The fourth-order valence-electron chi connectivity index (χ4n) is 1.91. The molecule has 3 nitrogen and oxygen atoms in total. The maximum atomic E-state index is 11.9. The Bertz CT molecular complexity index is 415. The molecule has 3 N–H and O–H groups in total. The molecule has 1 unspecified atom stereocenters. The number of carbonyl (C=O) groups excluding carboxylic acids is 1. The summed E-state index contributed by atoms with van der Waals surface area (Å²) < 4.78 is 0. The Morgan fingerprint density at radius 1 is 1.39 bits per heavy atom. The minimum atomic E-state index is -0.443. The summed E-state index contributed by atoms with van der Waals surface area (Å²) in [4.78, 5) is 11.9. The topological polar surface area (TPSA) is 55.1 Å². The maximum absolute atomic E-state index is 11.9. The SMILES string of the molecule is CCc1ccc(NC(=O)[C@@H](N)C(C)CC)cc1C. The number of hydrogen-bond acceptors (Lipinski definition) is 2. The van der Waals surface area contributed by atoms with Crippen LogP contribution in [0.1, 0.15) is 38.3 Å². The summed E-state index contributed by atoms with van der Waals surface area (Å²) in [6.45, 7) is 8.22. The number of benzene rings is 1. The van der Waals surface area contributed by atoms with Gasteiger partial charge in [-0.3, -0.25) is 4.79 Å². The Morgan fingerprint density at radius 3 is 2.56 bits per heavy atom. The monoisotopic (exact) mass is 248 g/mol. The normalized spacial score (nSPS) is 14.1. The highest BCUT2D eigenvalue weighted by molar-refractivity contribution is 5.94. The average molecular weight is 248 g/mol. The van der Waals surface area contributed by atoms with E-state index in [2.05, 4.69) is 25.2 Å². The molecule has 18 heavy (non-hydrogen) atoms. The van der Waals surface area contributed by atoms with Crippen molar-refractivity contribution in [2.24, 2.45) is 11.7 Å². The van der Waals surface area contributed by atoms with Gasteiger partial charge in [-0.15, -0.1) is 0 Å². The number of carbonyl (C=O) groups is 1. The summed E-state index contributed by atoms with van der Waals surface area (Å²) in [7, 11) is 0. The van der Waals surface area contributed by atoms with E-state index in [9.17, 15) is 4.79 Å². The van der Waals surface area contributed by atoms with Crippen LogP contribution in [-0.2, 0) is 11.2 Å². The molecular weight excluding hydrogens is 224 g/mol. The molecule has 0 aliphatic heterocycles. The first-order chi connectivity index (χ1) is 8.49. The first kappa shape index (κ1) is 14.7. The molecule has 0 fully saturated rings. The third kappa shape index (κ3) is 3.57. The zero-order chi connectivity index (χ0) is 13.7. The average Bonchev–Trinajstić information content (AvgIpc) is 2.37. The van der Waals surface area contributed by atoms with E-state index in [-0.39, 0.29) is 11.8 Å². The molecule has 100 valence electrons. The van der Waals surface area contributed by atoms with Crippen LogP contribution in [0.15, 0.2) is 18.2 Å². The molecule has 0 aromatic heterocycles. The maximum Gasteiger partial charge on any atom is 0.241 e. The summed E-state index contributed by atoms with van der Waals surface area (Å²) in [6, 6.07) is 5.55. The van der Waals surface area contributed by atoms with E-state index in [1.54, 1.807) is 0 Å². The van der Waals surface area contributed by atoms with Gasteiger partial charge in [0.15, 0.2) is 0 Å². The Hall–Kier alpha value is -1.35. The van der Waals surface area contributed by atoms with Crippen molar-refractivity contribution in [1.29, 1.82) is 0 Å². The van der Waals surface area contributed by atoms with Crippen LogP contribution >= 0.6 is 0 Å². The highest BCUT2D eigenvalue weighted by Gasteiger charge is 2.19. The standard InChI is InChI=1S/C15H24N2O/c1-5-10(3)14(16)15(18)17-13-8-7-12(6-2)11(4)9-13/h7-10,14H,5-6,16H2,1-4H3,(H,17,18)/t10?,14-/m0/s1. The zero-order valence-corrected chi connectivity index (χ0v) is 11.8. The van der Waals surface area contributed by atoms with Crippen LogP contribution < -0.4 is 11.1 Å². The van der Waals surface area contributed by atoms with E-state index in [0.717, 1.165) is 18.5 Å². The Labute approximate surface area is 110 Å². The molecule has 1 aromatic rings. The van der Waals surface area contributed by atoms with Crippen LogP contribution in [0.5, 0.6) is 0 Å². The summed E-state index contributed by atoms with van der Waals surface area (Å²) in [5, 5.41) is 2.89. The number of rotatable bonds is 5. The van der Waals surface area contributed by atoms with Crippen LogP contribution in [0.25, 0.3) is 0 Å². The fourth-order valence-corrected chi connectivity index (χ4v) is 1.91. The third-order valence-corrected chi connectivity index (χ3v) is 3.55. The van der Waals surface area contributed by atoms with Crippen LogP contribution in [0, 0.1) is 12.8 Å². The van der Waals surface area contributed by atoms with Crippen LogP contribution in [0.4, 0.5) is 5.69 Å². The quantitative estimate of drug-likeness (QED) is 0.842. The van der Waals surface area contributed by atoms with Crippen molar-refractivity contribution in [3.8, 4) is 0 Å². The lowest BCUT2D eigenvalue weighted by Gasteiger charge is -2.18. The van der Waals surface area contributed by atoms with Gasteiger partial charge < -0.3 is 11.1 Å². The van der Waals surface area contributed by atoms with Gasteiger partial charge in [-0.2, -0.15) is 0 Å². The highest BCUT2D eigenvalue weighted by Crippen LogP contribution is 2.16. The van der Waals surface area contributed by atoms with Gasteiger partial charge in [-0.05, 0) is 42.5 Å². The van der Waals surface area contributed by atoms with Crippen molar-refractivity contribution in [1.82, 2.24) is 0 Å². The molecule has 0 heterocycles. The molecule has 0 saturated carbocycles. The lowest BCUT2D eigenvalue weighted by atomic mass is 9.99. The minimum Gasteiger partial charge on any atom is -0.325 e. The molecule has 0 aliphatic rings. The van der Waals surface area contributed by atoms with E-state index in [1.165, 1.54) is 11.1 Å². The molecule has 1 amide bonds. The second kappa shape index (κ2) is 6.55. The first-order valence-electron chi connectivity index (χ1n) is 6.65. The van der Waals surface area contributed by atoms with Crippen LogP contribution in [-0.4, -0.2) is 11.9 Å². The second-order valence-corrected chi connectivity index (χ2v) is 4.90. The van der Waals surface area contributed by atoms with Gasteiger partial charge in [-0.1, -0.05) is 33.3 Å². The minimum absolute atomic E-state index is 0.104. The van der Waals surface area contributed by atoms with Gasteiger partial charge in [-0.25, -0.2) is 0 Å². The smallest absolute Gasteiger partial charge is 0.241 e. The molecule has 3 heteroatoms. The zero-order valence-electron chi connectivity index (χ0n) is 11.8. The van der Waals surface area contributed by atoms with Crippen LogP contribution in [0.3, 0.4) is 0 Å². The molecule has 2 atom stereocenters. The molecule has 0 radical (unpaired) electrons. The Morgan fingerprint density at radius 2 is 2.06 bits per heavy atom. The highest BCUT2D eigenvalue weighted by atomic mass is 16.2. The summed E-state index contributed by atoms with van der Waals surface area (Å²) in [6.07, 6.45) is 1.91. The first-order valence-corrected chi connectivity index (χ1v) is 6.65. The van der Waals surface area contributed by atoms with Crippen molar-refractivity contribution in [3.05, 3.63) is 29.3 Å². The van der Waals surface area contributed by atoms with Crippen molar-refractivity contribution < 1.29 is 4.79 Å². The predicted molar refractivity (Wildman–Crippen MR) is 76.6 cm³/mol. The van der Waals surface area contributed by atoms with Crippen LogP contribution in [0.2, 0.25) is 0 Å². The summed E-state index contributed by atoms with van der Waals surface area (Å²) in [5.74, 6) is 0.0917. The predicted octanol–water partition coefficient (Wildman–Crippen LogP) is 2.87. The van der Waals surface area contributed by atoms with E-state index >= 15 is 0 Å². The number of amides is 1. The summed E-state index contributed by atoms with van der Waals surface area (Å²) in [5.41, 5.74) is 9.23. The lowest BCUT2D eigenvalue weighted by molar-refractivity contribution is -0.118. The van der Waals surface area contributed by atoms with Crippen molar-refractivity contribution in [2.45, 2.75) is 46.6 Å². The number of aryl methyl sites for hydroxylation is 2. The lowest BCUT2D eigenvalue weighted by Crippen LogP contribution is -2.40. The Kier molecular flexibility index (Phi) is 5.35. The second-order valence-electron chi connectivity index (χ2n) is 4.90. The van der Waals surface area contributed by atoms with Gasteiger partial charge in [0.2, 0.25) is 5.91 Å². The largest absolute Gasteiger partial charge is 0.325 e. The van der Waals surface area contributed by atoms with E-state index in [0.29, 0.717) is 0 Å². The number of hydrogen-bond donors (Lipinski definition) is 2. The molecule has 0 bridgehead atoms. The molecule has 0 saturated heterocycles. The van der Waals surface area contributed by atoms with Gasteiger partial charge >= 0.3 is 0 Å². The van der Waals surface area contributed by atoms with Gasteiger partial charge in [0, 0.05) is 5.69 Å². The molecule has 0 aliphatic carbocycles. The van der Waals surface area contributed by atoms with Crippen molar-refractivity contribution >= 4 is 11.6 Å². The summed E-state index contributed by atoms with van der Waals surface area (Å²) >= 11 is 0. The molecular formula is C15H24N2O.